The van der Waals surface area contributed by atoms with Crippen LogP contribution in [0.2, 0.25) is 0 Å². The fourth-order valence-electron chi connectivity index (χ4n) is 0.668. The summed E-state index contributed by atoms with van der Waals surface area (Å²) in [6.07, 6.45) is 2.98. The Balaban J connectivity index is 3.01. The molecule has 0 aliphatic carbocycles. The maximum Gasteiger partial charge on any atom is 0.141 e. The lowest BCUT2D eigenvalue weighted by atomic mass is 10.3. The summed E-state index contributed by atoms with van der Waals surface area (Å²) in [5.41, 5.74) is 0. The van der Waals surface area contributed by atoms with Gasteiger partial charge in [-0.2, -0.15) is 5.26 Å². The van der Waals surface area contributed by atoms with E-state index in [4.69, 9.17) is 14.7 Å². The maximum atomic E-state index is 8.36. The molecule has 0 saturated heterocycles. The van der Waals surface area contributed by atoms with Gasteiger partial charge < -0.3 is 9.47 Å². The molecule has 0 fully saturated rings. The average Bonchev–Trinajstić information content (AvgIpc) is 2.10. The number of ether oxygens (including phenoxy) is 2. The molecular formula is C9H15NO2. The van der Waals surface area contributed by atoms with E-state index in [2.05, 4.69) is 6.58 Å². The molecule has 0 aliphatic rings. The SMILES string of the molecule is C=COCCCCOC(C)C#N. The molecule has 0 saturated carbocycles. The summed E-state index contributed by atoms with van der Waals surface area (Å²) in [6, 6.07) is 2.00. The number of hydrogen-bond acceptors (Lipinski definition) is 3. The van der Waals surface area contributed by atoms with Gasteiger partial charge in [0.25, 0.3) is 0 Å². The van der Waals surface area contributed by atoms with Gasteiger partial charge in [0, 0.05) is 6.61 Å². The Morgan fingerprint density at radius 3 is 2.75 bits per heavy atom. The van der Waals surface area contributed by atoms with Gasteiger partial charge in [-0.3, -0.25) is 0 Å². The van der Waals surface area contributed by atoms with Crippen LogP contribution < -0.4 is 0 Å². The highest BCUT2D eigenvalue weighted by Crippen LogP contribution is 1.94. The first-order valence-electron chi connectivity index (χ1n) is 4.05. The predicted molar refractivity (Wildman–Crippen MR) is 46.4 cm³/mol. The minimum Gasteiger partial charge on any atom is -0.502 e. The molecule has 0 aliphatic heterocycles. The summed E-state index contributed by atoms with van der Waals surface area (Å²) >= 11 is 0. The summed E-state index contributed by atoms with van der Waals surface area (Å²) in [7, 11) is 0. The molecule has 0 aromatic rings. The second-order valence-electron chi connectivity index (χ2n) is 2.39. The third kappa shape index (κ3) is 7.10. The van der Waals surface area contributed by atoms with E-state index in [0.717, 1.165) is 12.8 Å². The third-order valence-corrected chi connectivity index (χ3v) is 1.32. The van der Waals surface area contributed by atoms with E-state index in [9.17, 15) is 0 Å². The van der Waals surface area contributed by atoms with Crippen LogP contribution in [0.15, 0.2) is 12.8 Å². The van der Waals surface area contributed by atoms with E-state index in [1.807, 2.05) is 6.07 Å². The van der Waals surface area contributed by atoms with Crippen molar-refractivity contribution in [1.82, 2.24) is 0 Å². The second-order valence-corrected chi connectivity index (χ2v) is 2.39. The van der Waals surface area contributed by atoms with Crippen LogP contribution >= 0.6 is 0 Å². The van der Waals surface area contributed by atoms with Crippen LogP contribution in [0.25, 0.3) is 0 Å². The van der Waals surface area contributed by atoms with Crippen molar-refractivity contribution in [3.05, 3.63) is 12.8 Å². The molecular weight excluding hydrogens is 154 g/mol. The fraction of sp³-hybridized carbons (Fsp3) is 0.667. The molecule has 0 radical (unpaired) electrons. The van der Waals surface area contributed by atoms with Crippen molar-refractivity contribution < 1.29 is 9.47 Å². The van der Waals surface area contributed by atoms with Crippen LogP contribution in [0.5, 0.6) is 0 Å². The lowest BCUT2D eigenvalue weighted by Gasteiger charge is -2.04. The third-order valence-electron chi connectivity index (χ3n) is 1.32. The molecule has 0 amide bonds. The lowest BCUT2D eigenvalue weighted by Crippen LogP contribution is -2.06. The highest BCUT2D eigenvalue weighted by molar-refractivity contribution is 4.78. The molecule has 0 aromatic heterocycles. The zero-order valence-corrected chi connectivity index (χ0v) is 7.45. The van der Waals surface area contributed by atoms with E-state index in [1.54, 1.807) is 6.92 Å². The van der Waals surface area contributed by atoms with Crippen LogP contribution in [0.4, 0.5) is 0 Å². The fourth-order valence-corrected chi connectivity index (χ4v) is 0.668. The lowest BCUT2D eigenvalue weighted by molar-refractivity contribution is 0.0943. The Morgan fingerprint density at radius 1 is 1.50 bits per heavy atom. The topological polar surface area (TPSA) is 42.2 Å². The van der Waals surface area contributed by atoms with Gasteiger partial charge >= 0.3 is 0 Å². The van der Waals surface area contributed by atoms with E-state index in [1.165, 1.54) is 6.26 Å². The quantitative estimate of drug-likeness (QED) is 0.431. The first-order chi connectivity index (χ1) is 5.81. The van der Waals surface area contributed by atoms with Crippen molar-refractivity contribution in [2.75, 3.05) is 13.2 Å². The second kappa shape index (κ2) is 8.09. The minimum absolute atomic E-state index is 0.301. The summed E-state index contributed by atoms with van der Waals surface area (Å²) < 4.78 is 10.0. The summed E-state index contributed by atoms with van der Waals surface area (Å²) in [5.74, 6) is 0. The maximum absolute atomic E-state index is 8.36. The largest absolute Gasteiger partial charge is 0.502 e. The van der Waals surface area contributed by atoms with E-state index in [0.29, 0.717) is 13.2 Å². The molecule has 1 unspecified atom stereocenters. The Labute approximate surface area is 73.6 Å². The molecule has 0 aromatic carbocycles. The van der Waals surface area contributed by atoms with Crippen molar-refractivity contribution in [2.45, 2.75) is 25.9 Å². The molecule has 0 N–H and O–H groups in total. The molecule has 0 bridgehead atoms. The van der Waals surface area contributed by atoms with Gasteiger partial charge in [-0.15, -0.1) is 0 Å². The van der Waals surface area contributed by atoms with E-state index >= 15 is 0 Å². The molecule has 12 heavy (non-hydrogen) atoms. The molecule has 0 rings (SSSR count). The standard InChI is InChI=1S/C9H15NO2/c1-3-11-6-4-5-7-12-9(2)8-10/h3,9H,1,4-7H2,2H3. The van der Waals surface area contributed by atoms with Crippen molar-refractivity contribution in [2.24, 2.45) is 0 Å². The molecule has 1 atom stereocenters. The van der Waals surface area contributed by atoms with Crippen molar-refractivity contribution >= 4 is 0 Å². The van der Waals surface area contributed by atoms with E-state index in [-0.39, 0.29) is 6.10 Å². The van der Waals surface area contributed by atoms with Gasteiger partial charge in [-0.1, -0.05) is 6.58 Å². The zero-order chi connectivity index (χ0) is 9.23. The first-order valence-corrected chi connectivity index (χ1v) is 4.05. The highest BCUT2D eigenvalue weighted by atomic mass is 16.5. The van der Waals surface area contributed by atoms with Crippen molar-refractivity contribution in [1.29, 1.82) is 5.26 Å². The number of unbranched alkanes of at least 4 members (excludes halogenated alkanes) is 1. The first kappa shape index (κ1) is 11.0. The molecule has 3 heteroatoms. The predicted octanol–water partition coefficient (Wildman–Crippen LogP) is 1.86. The van der Waals surface area contributed by atoms with Gasteiger partial charge in [0.2, 0.25) is 0 Å². The molecule has 0 heterocycles. The minimum atomic E-state index is -0.301. The Morgan fingerprint density at radius 2 is 2.17 bits per heavy atom. The van der Waals surface area contributed by atoms with E-state index < -0.39 is 0 Å². The zero-order valence-electron chi connectivity index (χ0n) is 7.45. The summed E-state index contributed by atoms with van der Waals surface area (Å²) in [6.45, 7) is 6.45. The van der Waals surface area contributed by atoms with Crippen LogP contribution in [0.1, 0.15) is 19.8 Å². The number of hydrogen-bond donors (Lipinski definition) is 0. The number of nitriles is 1. The molecule has 0 spiro atoms. The van der Waals surface area contributed by atoms with Gasteiger partial charge in [0.05, 0.1) is 18.9 Å². The summed E-state index contributed by atoms with van der Waals surface area (Å²) in [4.78, 5) is 0. The van der Waals surface area contributed by atoms with Crippen molar-refractivity contribution in [3.63, 3.8) is 0 Å². The van der Waals surface area contributed by atoms with Gasteiger partial charge in [-0.05, 0) is 19.8 Å². The van der Waals surface area contributed by atoms with Crippen molar-refractivity contribution in [3.8, 4) is 6.07 Å². The smallest absolute Gasteiger partial charge is 0.141 e. The van der Waals surface area contributed by atoms with Gasteiger partial charge in [0.1, 0.15) is 6.10 Å². The molecule has 3 nitrogen and oxygen atoms in total. The Bertz CT molecular complexity index is 151. The molecule has 68 valence electrons. The van der Waals surface area contributed by atoms with Gasteiger partial charge in [-0.25, -0.2) is 0 Å². The van der Waals surface area contributed by atoms with Crippen LogP contribution in [-0.4, -0.2) is 19.3 Å². The highest BCUT2D eigenvalue weighted by Gasteiger charge is 1.96. The monoisotopic (exact) mass is 169 g/mol. The average molecular weight is 169 g/mol. The van der Waals surface area contributed by atoms with Crippen LogP contribution in [-0.2, 0) is 9.47 Å². The Hall–Kier alpha value is -1.01. The number of rotatable bonds is 7. The Kier molecular flexibility index (Phi) is 7.41. The number of nitrogens with zero attached hydrogens (tertiary/aromatic N) is 1. The van der Waals surface area contributed by atoms with Gasteiger partial charge in [0.15, 0.2) is 0 Å². The summed E-state index contributed by atoms with van der Waals surface area (Å²) in [5, 5.41) is 8.36. The normalized spacial score (nSPS) is 11.7. The van der Waals surface area contributed by atoms with Crippen LogP contribution in [0, 0.1) is 11.3 Å². The van der Waals surface area contributed by atoms with Crippen LogP contribution in [0.3, 0.4) is 0 Å².